The van der Waals surface area contributed by atoms with Crippen LogP contribution in [0.2, 0.25) is 0 Å². The first-order valence-corrected chi connectivity index (χ1v) is 9.98. The van der Waals surface area contributed by atoms with Gasteiger partial charge in [-0.05, 0) is 18.5 Å². The minimum absolute atomic E-state index is 0. The lowest BCUT2D eigenvalue weighted by Gasteiger charge is -2.34. The van der Waals surface area contributed by atoms with Gasteiger partial charge in [0, 0.05) is 65.4 Å². The van der Waals surface area contributed by atoms with Gasteiger partial charge in [-0.15, -0.1) is 24.8 Å². The summed E-state index contributed by atoms with van der Waals surface area (Å²) in [5.41, 5.74) is 1.36. The van der Waals surface area contributed by atoms with Crippen LogP contribution in [0.3, 0.4) is 0 Å². The lowest BCUT2D eigenvalue weighted by Crippen LogP contribution is -2.49. The van der Waals surface area contributed by atoms with E-state index >= 15 is 0 Å². The molecule has 0 aromatic heterocycles. The Kier molecular flexibility index (Phi) is 12.7. The Morgan fingerprint density at radius 2 is 1.54 bits per heavy atom. The number of carbonyl (C=O) groups excluding carboxylic acids is 1. The van der Waals surface area contributed by atoms with Gasteiger partial charge in [-0.2, -0.15) is 0 Å². The molecule has 3 rings (SSSR count). The number of hydrogen-bond donors (Lipinski definition) is 2. The first-order chi connectivity index (χ1) is 12.8. The Balaban J connectivity index is 0.00000196. The number of piperazine rings is 2. The fourth-order valence-corrected chi connectivity index (χ4v) is 3.67. The van der Waals surface area contributed by atoms with Crippen LogP contribution in [0.1, 0.15) is 12.0 Å². The first-order valence-electron chi connectivity index (χ1n) is 9.98. The molecule has 2 N–H and O–H groups in total. The van der Waals surface area contributed by atoms with Crippen LogP contribution in [0.25, 0.3) is 0 Å². The van der Waals surface area contributed by atoms with Gasteiger partial charge in [-0.1, -0.05) is 30.3 Å². The van der Waals surface area contributed by atoms with Gasteiger partial charge in [0.1, 0.15) is 0 Å². The van der Waals surface area contributed by atoms with E-state index in [4.69, 9.17) is 0 Å². The summed E-state index contributed by atoms with van der Waals surface area (Å²) in [6.07, 6.45) is 1.04. The van der Waals surface area contributed by atoms with Crippen molar-refractivity contribution in [2.75, 3.05) is 72.0 Å². The van der Waals surface area contributed by atoms with E-state index in [1.807, 2.05) is 0 Å². The zero-order chi connectivity index (χ0) is 18.0. The van der Waals surface area contributed by atoms with E-state index in [-0.39, 0.29) is 30.7 Å². The van der Waals surface area contributed by atoms with Crippen molar-refractivity contribution in [2.24, 2.45) is 0 Å². The zero-order valence-electron chi connectivity index (χ0n) is 16.6. The molecular formula is C20H35Cl2N5O. The van der Waals surface area contributed by atoms with Gasteiger partial charge >= 0.3 is 0 Å². The maximum atomic E-state index is 12.1. The van der Waals surface area contributed by atoms with E-state index in [1.165, 1.54) is 5.56 Å². The minimum Gasteiger partial charge on any atom is -0.355 e. The monoisotopic (exact) mass is 431 g/mol. The smallest absolute Gasteiger partial charge is 0.234 e. The predicted octanol–water partition coefficient (Wildman–Crippen LogP) is 1.06. The van der Waals surface area contributed by atoms with Crippen molar-refractivity contribution in [3.63, 3.8) is 0 Å². The summed E-state index contributed by atoms with van der Waals surface area (Å²) < 4.78 is 0. The van der Waals surface area contributed by atoms with Crippen molar-refractivity contribution in [3.8, 4) is 0 Å². The molecule has 0 radical (unpaired) electrons. The van der Waals surface area contributed by atoms with E-state index in [9.17, 15) is 4.79 Å². The number of rotatable bonds is 8. The standard InChI is InChI=1S/C20H33N5O.2ClH/c26-20(22-7-4-10-23-11-8-21-9-12-23)18-25-15-13-24(14-16-25)17-19-5-2-1-3-6-19;;/h1-3,5-6,21H,4,7-18H2,(H,22,26);2*1H. The fourth-order valence-electron chi connectivity index (χ4n) is 3.67. The number of nitrogens with zero attached hydrogens (tertiary/aromatic N) is 3. The Hall–Kier alpha value is -0.890. The van der Waals surface area contributed by atoms with Gasteiger partial charge in [-0.3, -0.25) is 14.6 Å². The summed E-state index contributed by atoms with van der Waals surface area (Å²) in [6, 6.07) is 10.6. The Labute approximate surface area is 181 Å². The van der Waals surface area contributed by atoms with Gasteiger partial charge in [0.25, 0.3) is 0 Å². The molecule has 2 heterocycles. The highest BCUT2D eigenvalue weighted by Crippen LogP contribution is 2.08. The summed E-state index contributed by atoms with van der Waals surface area (Å²) in [6.45, 7) is 11.8. The summed E-state index contributed by atoms with van der Waals surface area (Å²) in [7, 11) is 0. The molecule has 0 bridgehead atoms. The first kappa shape index (κ1) is 25.1. The molecule has 2 aliphatic rings. The predicted molar refractivity (Wildman–Crippen MR) is 120 cm³/mol. The molecule has 0 aliphatic carbocycles. The Morgan fingerprint density at radius 1 is 0.893 bits per heavy atom. The van der Waals surface area contributed by atoms with Crippen LogP contribution in [0.4, 0.5) is 0 Å². The molecule has 0 unspecified atom stereocenters. The lowest BCUT2D eigenvalue weighted by atomic mass is 10.2. The van der Waals surface area contributed by atoms with Crippen LogP contribution in [-0.4, -0.2) is 92.6 Å². The van der Waals surface area contributed by atoms with Crippen LogP contribution in [-0.2, 0) is 11.3 Å². The lowest BCUT2D eigenvalue weighted by molar-refractivity contribution is -0.122. The van der Waals surface area contributed by atoms with Crippen LogP contribution < -0.4 is 10.6 Å². The molecule has 0 saturated carbocycles. The molecule has 1 aromatic rings. The number of nitrogens with one attached hydrogen (secondary N) is 2. The van der Waals surface area contributed by atoms with E-state index in [0.717, 1.165) is 78.4 Å². The van der Waals surface area contributed by atoms with Gasteiger partial charge in [0.2, 0.25) is 5.91 Å². The van der Waals surface area contributed by atoms with Crippen molar-refractivity contribution in [1.82, 2.24) is 25.3 Å². The van der Waals surface area contributed by atoms with Crippen LogP contribution in [0, 0.1) is 0 Å². The molecule has 1 amide bonds. The average molecular weight is 432 g/mol. The number of benzene rings is 1. The molecule has 28 heavy (non-hydrogen) atoms. The molecule has 1 aromatic carbocycles. The number of amides is 1. The summed E-state index contributed by atoms with van der Waals surface area (Å²) in [5, 5.41) is 6.45. The topological polar surface area (TPSA) is 50.9 Å². The van der Waals surface area contributed by atoms with Gasteiger partial charge in [-0.25, -0.2) is 0 Å². The van der Waals surface area contributed by atoms with E-state index in [2.05, 4.69) is 55.7 Å². The summed E-state index contributed by atoms with van der Waals surface area (Å²) in [5.74, 6) is 0.168. The van der Waals surface area contributed by atoms with Crippen molar-refractivity contribution >= 4 is 30.7 Å². The minimum atomic E-state index is 0. The maximum absolute atomic E-state index is 12.1. The third kappa shape index (κ3) is 9.07. The quantitative estimate of drug-likeness (QED) is 0.602. The molecule has 8 heteroatoms. The number of hydrogen-bond acceptors (Lipinski definition) is 5. The largest absolute Gasteiger partial charge is 0.355 e. The third-order valence-corrected chi connectivity index (χ3v) is 5.26. The Bertz CT molecular complexity index is 535. The Morgan fingerprint density at radius 3 is 2.21 bits per heavy atom. The highest BCUT2D eigenvalue weighted by atomic mass is 35.5. The van der Waals surface area contributed by atoms with Gasteiger partial charge < -0.3 is 15.5 Å². The highest BCUT2D eigenvalue weighted by molar-refractivity contribution is 5.85. The molecule has 2 fully saturated rings. The molecular weight excluding hydrogens is 397 g/mol. The van der Waals surface area contributed by atoms with Gasteiger partial charge in [0.05, 0.1) is 6.54 Å². The number of halogens is 2. The summed E-state index contributed by atoms with van der Waals surface area (Å²) in [4.78, 5) is 19.4. The van der Waals surface area contributed by atoms with Crippen LogP contribution >= 0.6 is 24.8 Å². The molecule has 0 atom stereocenters. The molecule has 160 valence electrons. The molecule has 6 nitrogen and oxygen atoms in total. The second kappa shape index (κ2) is 14.1. The molecule has 0 spiro atoms. The van der Waals surface area contributed by atoms with E-state index in [1.54, 1.807) is 0 Å². The van der Waals surface area contributed by atoms with Crippen LogP contribution in [0.5, 0.6) is 0 Å². The van der Waals surface area contributed by atoms with Crippen molar-refractivity contribution in [1.29, 1.82) is 0 Å². The van der Waals surface area contributed by atoms with Crippen LogP contribution in [0.15, 0.2) is 30.3 Å². The highest BCUT2D eigenvalue weighted by Gasteiger charge is 2.18. The molecule has 2 saturated heterocycles. The fraction of sp³-hybridized carbons (Fsp3) is 0.650. The van der Waals surface area contributed by atoms with E-state index in [0.29, 0.717) is 6.54 Å². The van der Waals surface area contributed by atoms with Crippen molar-refractivity contribution in [2.45, 2.75) is 13.0 Å². The summed E-state index contributed by atoms with van der Waals surface area (Å²) >= 11 is 0. The van der Waals surface area contributed by atoms with Gasteiger partial charge in [0.15, 0.2) is 0 Å². The SMILES string of the molecule is Cl.Cl.O=C(CN1CCN(Cc2ccccc2)CC1)NCCCN1CCNCC1. The molecule has 2 aliphatic heterocycles. The number of carbonyl (C=O) groups is 1. The normalized spacial score (nSPS) is 18.7. The maximum Gasteiger partial charge on any atom is 0.234 e. The average Bonchev–Trinajstić information content (AvgIpc) is 2.68. The second-order valence-electron chi connectivity index (χ2n) is 7.33. The van der Waals surface area contributed by atoms with E-state index < -0.39 is 0 Å². The zero-order valence-corrected chi connectivity index (χ0v) is 18.3. The van der Waals surface area contributed by atoms with Crippen molar-refractivity contribution < 1.29 is 4.79 Å². The second-order valence-corrected chi connectivity index (χ2v) is 7.33. The third-order valence-electron chi connectivity index (χ3n) is 5.26. The van der Waals surface area contributed by atoms with Crippen molar-refractivity contribution in [3.05, 3.63) is 35.9 Å².